The van der Waals surface area contributed by atoms with E-state index in [-0.39, 0.29) is 0 Å². The van der Waals surface area contributed by atoms with Crippen LogP contribution in [0.2, 0.25) is 0 Å². The minimum Gasteiger partial charge on any atom is -0.316 e. The zero-order chi connectivity index (χ0) is 14.4. The van der Waals surface area contributed by atoms with Crippen LogP contribution in [-0.2, 0) is 0 Å². The van der Waals surface area contributed by atoms with Gasteiger partial charge in [0.15, 0.2) is 0 Å². The lowest BCUT2D eigenvalue weighted by molar-refractivity contribution is -0.0923. The van der Waals surface area contributed by atoms with Crippen LogP contribution >= 0.6 is 0 Å². The first-order valence-corrected chi connectivity index (χ1v) is 9.91. The van der Waals surface area contributed by atoms with E-state index in [4.69, 9.17) is 0 Å². The predicted molar refractivity (Wildman–Crippen MR) is 89.2 cm³/mol. The second kappa shape index (κ2) is 5.55. The minimum absolute atomic E-state index is 0.693. The van der Waals surface area contributed by atoms with Crippen molar-refractivity contribution in [3.8, 4) is 0 Å². The van der Waals surface area contributed by atoms with Gasteiger partial charge in [0.05, 0.1) is 0 Å². The summed E-state index contributed by atoms with van der Waals surface area (Å²) in [5.41, 5.74) is 0.693. The summed E-state index contributed by atoms with van der Waals surface area (Å²) in [5.74, 6) is 5.26. The average Bonchev–Trinajstić information content (AvgIpc) is 2.47. The van der Waals surface area contributed by atoms with E-state index in [1.165, 1.54) is 32.1 Å². The summed E-state index contributed by atoms with van der Waals surface area (Å²) in [6.07, 6.45) is 16.9. The summed E-state index contributed by atoms with van der Waals surface area (Å²) in [6, 6.07) is 0.830. The SMILES string of the molecule is CCC1CCCCC1C(NC)C12CC3CC(CC(C3)C1)C2. The lowest BCUT2D eigenvalue weighted by atomic mass is 9.46. The van der Waals surface area contributed by atoms with Crippen LogP contribution in [0.25, 0.3) is 0 Å². The zero-order valence-corrected chi connectivity index (χ0v) is 14.2. The van der Waals surface area contributed by atoms with Gasteiger partial charge in [-0.05, 0) is 87.0 Å². The molecule has 5 aliphatic rings. The van der Waals surface area contributed by atoms with Crippen LogP contribution in [0.5, 0.6) is 0 Å². The standard InChI is InChI=1S/C20H35N/c1-3-17-6-4-5-7-18(17)19(21-2)20-11-14-8-15(12-20)10-16(9-14)13-20/h14-19,21H,3-13H2,1-2H3. The smallest absolute Gasteiger partial charge is 0.0152 e. The number of hydrogen-bond acceptors (Lipinski definition) is 1. The van der Waals surface area contributed by atoms with Crippen LogP contribution in [0.4, 0.5) is 0 Å². The molecule has 1 heteroatoms. The van der Waals surface area contributed by atoms with Crippen LogP contribution in [0, 0.1) is 35.0 Å². The molecule has 0 amide bonds. The highest BCUT2D eigenvalue weighted by atomic mass is 14.9. The van der Waals surface area contributed by atoms with Crippen LogP contribution < -0.4 is 5.32 Å². The molecule has 0 saturated heterocycles. The molecule has 0 spiro atoms. The lowest BCUT2D eigenvalue weighted by Gasteiger charge is -2.61. The molecular formula is C20H35N. The van der Waals surface area contributed by atoms with Gasteiger partial charge in [-0.3, -0.25) is 0 Å². The van der Waals surface area contributed by atoms with E-state index in [1.54, 1.807) is 38.5 Å². The van der Waals surface area contributed by atoms with E-state index in [9.17, 15) is 0 Å². The van der Waals surface area contributed by atoms with E-state index in [0.717, 1.165) is 35.6 Å². The first kappa shape index (κ1) is 14.5. The molecule has 1 nitrogen and oxygen atoms in total. The van der Waals surface area contributed by atoms with E-state index in [0.29, 0.717) is 5.41 Å². The molecule has 3 unspecified atom stereocenters. The summed E-state index contributed by atoms with van der Waals surface area (Å²) in [5, 5.41) is 3.89. The molecule has 21 heavy (non-hydrogen) atoms. The van der Waals surface area contributed by atoms with E-state index < -0.39 is 0 Å². The minimum atomic E-state index is 0.693. The Morgan fingerprint density at radius 3 is 2.05 bits per heavy atom. The number of rotatable bonds is 4. The predicted octanol–water partition coefficient (Wildman–Crippen LogP) is 5.01. The quantitative estimate of drug-likeness (QED) is 0.767. The van der Waals surface area contributed by atoms with Gasteiger partial charge in [-0.15, -0.1) is 0 Å². The Kier molecular flexibility index (Phi) is 3.84. The average molecular weight is 290 g/mol. The van der Waals surface area contributed by atoms with Gasteiger partial charge in [-0.1, -0.05) is 32.6 Å². The van der Waals surface area contributed by atoms with Gasteiger partial charge >= 0.3 is 0 Å². The van der Waals surface area contributed by atoms with Gasteiger partial charge in [-0.25, -0.2) is 0 Å². The van der Waals surface area contributed by atoms with E-state index in [2.05, 4.69) is 19.3 Å². The molecule has 0 heterocycles. The second-order valence-electron chi connectivity index (χ2n) is 9.16. The van der Waals surface area contributed by atoms with Gasteiger partial charge < -0.3 is 5.32 Å². The summed E-state index contributed by atoms with van der Waals surface area (Å²) in [7, 11) is 2.28. The first-order valence-electron chi connectivity index (χ1n) is 9.91. The van der Waals surface area contributed by atoms with Gasteiger partial charge in [0.2, 0.25) is 0 Å². The molecule has 0 aromatic rings. The van der Waals surface area contributed by atoms with Crippen molar-refractivity contribution < 1.29 is 0 Å². The molecule has 5 saturated carbocycles. The summed E-state index contributed by atoms with van der Waals surface area (Å²) in [4.78, 5) is 0. The molecular weight excluding hydrogens is 254 g/mol. The first-order chi connectivity index (χ1) is 10.2. The van der Waals surface area contributed by atoms with Crippen molar-refractivity contribution in [3.05, 3.63) is 0 Å². The Hall–Kier alpha value is -0.0400. The number of hydrogen-bond donors (Lipinski definition) is 1. The molecule has 3 atom stereocenters. The largest absolute Gasteiger partial charge is 0.316 e. The Morgan fingerprint density at radius 2 is 1.52 bits per heavy atom. The van der Waals surface area contributed by atoms with Gasteiger partial charge in [0, 0.05) is 6.04 Å². The summed E-state index contributed by atoms with van der Waals surface area (Å²) in [6.45, 7) is 2.44. The highest BCUT2D eigenvalue weighted by Crippen LogP contribution is 2.62. The highest BCUT2D eigenvalue weighted by molar-refractivity contribution is 5.08. The zero-order valence-electron chi connectivity index (χ0n) is 14.2. The highest BCUT2D eigenvalue weighted by Gasteiger charge is 2.55. The maximum atomic E-state index is 3.89. The normalized spacial score (nSPS) is 50.3. The van der Waals surface area contributed by atoms with E-state index >= 15 is 0 Å². The molecule has 0 aliphatic heterocycles. The third kappa shape index (κ3) is 2.38. The Labute approximate surface area is 131 Å². The fourth-order valence-corrected chi connectivity index (χ4v) is 7.71. The molecule has 4 bridgehead atoms. The van der Waals surface area contributed by atoms with Crippen molar-refractivity contribution in [2.45, 2.75) is 83.6 Å². The summed E-state index contributed by atoms with van der Waals surface area (Å²) < 4.78 is 0. The van der Waals surface area contributed by atoms with Crippen molar-refractivity contribution in [1.82, 2.24) is 5.32 Å². The van der Waals surface area contributed by atoms with Crippen LogP contribution in [-0.4, -0.2) is 13.1 Å². The third-order valence-corrected chi connectivity index (χ3v) is 7.98. The molecule has 5 fully saturated rings. The molecule has 0 aromatic heterocycles. The third-order valence-electron chi connectivity index (χ3n) is 7.98. The fourth-order valence-electron chi connectivity index (χ4n) is 7.71. The molecule has 0 radical (unpaired) electrons. The Morgan fingerprint density at radius 1 is 0.952 bits per heavy atom. The van der Waals surface area contributed by atoms with Crippen LogP contribution in [0.15, 0.2) is 0 Å². The lowest BCUT2D eigenvalue weighted by Crippen LogP contribution is -2.59. The molecule has 120 valence electrons. The van der Waals surface area contributed by atoms with Gasteiger partial charge in [-0.2, -0.15) is 0 Å². The van der Waals surface area contributed by atoms with Gasteiger partial charge in [0.25, 0.3) is 0 Å². The van der Waals surface area contributed by atoms with Crippen molar-refractivity contribution in [2.75, 3.05) is 7.05 Å². The monoisotopic (exact) mass is 289 g/mol. The maximum absolute atomic E-state index is 3.89. The maximum Gasteiger partial charge on any atom is 0.0152 e. The van der Waals surface area contributed by atoms with Crippen molar-refractivity contribution in [1.29, 1.82) is 0 Å². The topological polar surface area (TPSA) is 12.0 Å². The van der Waals surface area contributed by atoms with Crippen molar-refractivity contribution in [2.24, 2.45) is 35.0 Å². The fraction of sp³-hybridized carbons (Fsp3) is 1.00. The molecule has 5 rings (SSSR count). The van der Waals surface area contributed by atoms with Crippen molar-refractivity contribution >= 4 is 0 Å². The molecule has 5 aliphatic carbocycles. The Balaban J connectivity index is 1.60. The van der Waals surface area contributed by atoms with Crippen LogP contribution in [0.3, 0.4) is 0 Å². The summed E-state index contributed by atoms with van der Waals surface area (Å²) >= 11 is 0. The van der Waals surface area contributed by atoms with Crippen molar-refractivity contribution in [3.63, 3.8) is 0 Å². The molecule has 0 aromatic carbocycles. The van der Waals surface area contributed by atoms with Crippen LogP contribution in [0.1, 0.15) is 77.6 Å². The Bertz CT molecular complexity index is 339. The van der Waals surface area contributed by atoms with E-state index in [1.807, 2.05) is 0 Å². The molecule has 1 N–H and O–H groups in total. The number of nitrogens with one attached hydrogen (secondary N) is 1. The van der Waals surface area contributed by atoms with Gasteiger partial charge in [0.1, 0.15) is 0 Å². The second-order valence-corrected chi connectivity index (χ2v) is 9.16.